The van der Waals surface area contributed by atoms with Gasteiger partial charge >= 0.3 is 0 Å². The predicted octanol–water partition coefficient (Wildman–Crippen LogP) is 2.80. The maximum absolute atomic E-state index is 13.9. The summed E-state index contributed by atoms with van der Waals surface area (Å²) in [6.07, 6.45) is 5.20. The predicted molar refractivity (Wildman–Crippen MR) is 143 cm³/mol. The largest absolute Gasteiger partial charge is 0.384 e. The number of nitrogens with one attached hydrogen (secondary N) is 1. The van der Waals surface area contributed by atoms with Crippen molar-refractivity contribution in [3.05, 3.63) is 70.5 Å². The smallest absolute Gasteiger partial charge is 0.277 e. The maximum atomic E-state index is 13.9. The van der Waals surface area contributed by atoms with Gasteiger partial charge in [-0.3, -0.25) is 14.4 Å². The van der Waals surface area contributed by atoms with E-state index in [-0.39, 0.29) is 22.9 Å². The molecule has 0 radical (unpaired) electrons. The molecule has 0 atom stereocenters. The Morgan fingerprint density at radius 2 is 1.79 bits per heavy atom. The molecule has 38 heavy (non-hydrogen) atoms. The molecule has 0 spiro atoms. The number of rotatable bonds is 6. The van der Waals surface area contributed by atoms with E-state index in [9.17, 15) is 14.4 Å². The number of carbonyl (C=O) groups excluding carboxylic acids is 3. The topological polar surface area (TPSA) is 114 Å². The molecule has 3 amide bonds. The average molecular weight is 511 g/mol. The number of hydrogen-bond acceptors (Lipinski definition) is 5. The molecule has 2 fully saturated rings. The third-order valence-corrected chi connectivity index (χ3v) is 8.61. The Labute approximate surface area is 220 Å². The van der Waals surface area contributed by atoms with E-state index in [1.54, 1.807) is 9.58 Å². The van der Waals surface area contributed by atoms with Crippen molar-refractivity contribution in [3.63, 3.8) is 0 Å². The van der Waals surface area contributed by atoms with Gasteiger partial charge in [0.2, 0.25) is 5.91 Å². The number of aromatic nitrogens is 2. The molecule has 3 N–H and O–H groups in total. The second-order valence-electron chi connectivity index (χ2n) is 10.9. The first kappa shape index (κ1) is 23.0. The number of benzene rings is 2. The molecule has 0 unspecified atom stereocenters. The Hall–Kier alpha value is -4.14. The Kier molecular flexibility index (Phi) is 5.11. The Morgan fingerprint density at radius 1 is 1.00 bits per heavy atom. The lowest BCUT2D eigenvalue weighted by Crippen LogP contribution is -2.39. The number of hydrogen-bond donors (Lipinski definition) is 2. The molecule has 4 heterocycles. The first-order chi connectivity index (χ1) is 18.4. The summed E-state index contributed by atoms with van der Waals surface area (Å²) < 4.78 is 1.57. The lowest BCUT2D eigenvalue weighted by atomic mass is 9.94. The average Bonchev–Trinajstić information content (AvgIpc) is 3.22. The van der Waals surface area contributed by atoms with Crippen molar-refractivity contribution in [2.45, 2.75) is 43.9 Å². The molecule has 0 bridgehead atoms. The number of amides is 3. The van der Waals surface area contributed by atoms with Gasteiger partial charge in [0, 0.05) is 55.0 Å². The van der Waals surface area contributed by atoms with Crippen molar-refractivity contribution in [1.29, 1.82) is 0 Å². The minimum atomic E-state index is -0.629. The maximum Gasteiger partial charge on any atom is 0.277 e. The third-order valence-electron chi connectivity index (χ3n) is 8.61. The normalized spacial score (nSPS) is 19.4. The van der Waals surface area contributed by atoms with Crippen LogP contribution in [-0.4, -0.2) is 58.6 Å². The summed E-state index contributed by atoms with van der Waals surface area (Å²) in [7, 11) is 0. The van der Waals surface area contributed by atoms with Crippen molar-refractivity contribution in [2.75, 3.05) is 36.4 Å². The molecule has 1 saturated heterocycles. The highest BCUT2D eigenvalue weighted by Gasteiger charge is 2.47. The minimum Gasteiger partial charge on any atom is -0.384 e. The first-order valence-electron chi connectivity index (χ1n) is 13.4. The van der Waals surface area contributed by atoms with E-state index in [0.29, 0.717) is 30.6 Å². The summed E-state index contributed by atoms with van der Waals surface area (Å²) in [4.78, 5) is 42.1. The molecule has 3 aliphatic heterocycles. The fraction of sp³-hybridized carbons (Fsp3) is 0.379. The van der Waals surface area contributed by atoms with Crippen molar-refractivity contribution in [1.82, 2.24) is 14.7 Å². The molecule has 9 heteroatoms. The van der Waals surface area contributed by atoms with E-state index in [1.165, 1.54) is 11.1 Å². The fourth-order valence-electron chi connectivity index (χ4n) is 6.32. The number of nitrogens with zero attached hydrogens (tertiary/aromatic N) is 4. The lowest BCUT2D eigenvalue weighted by Gasteiger charge is -2.29. The molecule has 1 aliphatic carbocycles. The summed E-state index contributed by atoms with van der Waals surface area (Å²) in [5, 5.41) is 7.87. The zero-order chi connectivity index (χ0) is 26.0. The van der Waals surface area contributed by atoms with Crippen molar-refractivity contribution in [3.8, 4) is 5.69 Å². The highest BCUT2D eigenvalue weighted by molar-refractivity contribution is 6.09. The monoisotopic (exact) mass is 510 g/mol. The molecule has 7 rings (SSSR count). The molecule has 1 aromatic heterocycles. The Morgan fingerprint density at radius 3 is 2.50 bits per heavy atom. The molecular weight excluding hydrogens is 480 g/mol. The van der Waals surface area contributed by atoms with Crippen LogP contribution in [0.1, 0.15) is 63.4 Å². The van der Waals surface area contributed by atoms with Crippen LogP contribution in [0.15, 0.2) is 42.5 Å². The Bertz CT molecular complexity index is 1490. The summed E-state index contributed by atoms with van der Waals surface area (Å²) in [5.41, 5.74) is 11.8. The van der Waals surface area contributed by atoms with Crippen LogP contribution in [0.4, 0.5) is 11.4 Å². The van der Waals surface area contributed by atoms with Gasteiger partial charge in [-0.25, -0.2) is 4.68 Å². The van der Waals surface area contributed by atoms with E-state index in [4.69, 9.17) is 5.73 Å². The van der Waals surface area contributed by atoms with Crippen molar-refractivity contribution < 1.29 is 14.4 Å². The van der Waals surface area contributed by atoms with Crippen LogP contribution < -0.4 is 16.0 Å². The number of anilines is 2. The fourth-order valence-corrected chi connectivity index (χ4v) is 6.32. The summed E-state index contributed by atoms with van der Waals surface area (Å²) in [6, 6.07) is 14.1. The summed E-state index contributed by atoms with van der Waals surface area (Å²) in [5.74, 6) is -0.568. The highest BCUT2D eigenvalue weighted by atomic mass is 16.2. The van der Waals surface area contributed by atoms with E-state index in [0.717, 1.165) is 62.4 Å². The van der Waals surface area contributed by atoms with Gasteiger partial charge in [-0.1, -0.05) is 18.2 Å². The standard InChI is InChI=1S/C29H30N6O3/c30-27(37)25-22-10-15-34(28(38)26(22)35(32-25)21-6-3-18-9-13-31-23(18)16-21)20-7-4-19(5-8-20)29(11-12-29)17-33-14-1-2-24(33)36/h3-8,16,31H,1-2,9-15,17H2,(H2,30,37). The lowest BCUT2D eigenvalue weighted by molar-refractivity contribution is -0.128. The highest BCUT2D eigenvalue weighted by Crippen LogP contribution is 2.49. The second kappa shape index (κ2) is 8.44. The van der Waals surface area contributed by atoms with E-state index in [2.05, 4.69) is 22.5 Å². The van der Waals surface area contributed by atoms with Crippen LogP contribution >= 0.6 is 0 Å². The van der Waals surface area contributed by atoms with Crippen LogP contribution in [0.3, 0.4) is 0 Å². The second-order valence-corrected chi connectivity index (χ2v) is 10.9. The molecule has 2 aromatic carbocycles. The molecule has 4 aliphatic rings. The van der Waals surface area contributed by atoms with Gasteiger partial charge in [0.05, 0.1) is 5.69 Å². The molecular formula is C29H30N6O3. The quantitative estimate of drug-likeness (QED) is 0.530. The van der Waals surface area contributed by atoms with Gasteiger partial charge in [-0.2, -0.15) is 5.10 Å². The van der Waals surface area contributed by atoms with Crippen LogP contribution in [0, 0.1) is 0 Å². The molecule has 3 aromatic rings. The van der Waals surface area contributed by atoms with E-state index < -0.39 is 5.91 Å². The minimum absolute atomic E-state index is 0.0359. The van der Waals surface area contributed by atoms with E-state index in [1.807, 2.05) is 35.2 Å². The number of carbonyl (C=O) groups is 3. The number of nitrogens with two attached hydrogens (primary N) is 1. The van der Waals surface area contributed by atoms with Gasteiger partial charge in [0.15, 0.2) is 5.69 Å². The molecule has 9 nitrogen and oxygen atoms in total. The molecule has 1 saturated carbocycles. The number of primary amides is 1. The zero-order valence-corrected chi connectivity index (χ0v) is 21.2. The first-order valence-corrected chi connectivity index (χ1v) is 13.4. The number of fused-ring (bicyclic) bond motifs is 2. The van der Waals surface area contributed by atoms with Crippen LogP contribution in [-0.2, 0) is 23.1 Å². The van der Waals surface area contributed by atoms with Crippen LogP contribution in [0.5, 0.6) is 0 Å². The van der Waals surface area contributed by atoms with Gasteiger partial charge in [-0.05, 0) is 67.5 Å². The van der Waals surface area contributed by atoms with Crippen molar-refractivity contribution >= 4 is 29.1 Å². The third kappa shape index (κ3) is 3.60. The summed E-state index contributed by atoms with van der Waals surface area (Å²) >= 11 is 0. The Balaban J connectivity index is 1.19. The van der Waals surface area contributed by atoms with Crippen LogP contribution in [0.25, 0.3) is 5.69 Å². The van der Waals surface area contributed by atoms with Crippen LogP contribution in [0.2, 0.25) is 0 Å². The van der Waals surface area contributed by atoms with Gasteiger partial charge < -0.3 is 20.9 Å². The van der Waals surface area contributed by atoms with E-state index >= 15 is 0 Å². The zero-order valence-electron chi connectivity index (χ0n) is 21.2. The van der Waals surface area contributed by atoms with Crippen molar-refractivity contribution in [2.24, 2.45) is 5.73 Å². The SMILES string of the molecule is NC(=O)c1nn(-c2ccc3c(c2)NCC3)c2c1CCN(c1ccc(C3(CN4CCCC4=O)CC3)cc1)C2=O. The van der Waals surface area contributed by atoms with Gasteiger partial charge in [-0.15, -0.1) is 0 Å². The van der Waals surface area contributed by atoms with Gasteiger partial charge in [0.25, 0.3) is 11.8 Å². The number of likely N-dealkylation sites (tertiary alicyclic amines) is 1. The van der Waals surface area contributed by atoms with Gasteiger partial charge in [0.1, 0.15) is 5.69 Å². The summed E-state index contributed by atoms with van der Waals surface area (Å²) in [6.45, 7) is 2.95. The molecule has 194 valence electrons.